The van der Waals surface area contributed by atoms with Crippen LogP contribution in [0.5, 0.6) is 5.75 Å². The maximum Gasteiger partial charge on any atom is 0.119 e. The topological polar surface area (TPSA) is 21.3 Å². The van der Waals surface area contributed by atoms with Gasteiger partial charge in [-0.3, -0.25) is 0 Å². The van der Waals surface area contributed by atoms with Crippen molar-refractivity contribution in [2.24, 2.45) is 0 Å². The van der Waals surface area contributed by atoms with E-state index in [4.69, 9.17) is 4.74 Å². The molecule has 20 heavy (non-hydrogen) atoms. The van der Waals surface area contributed by atoms with Crippen molar-refractivity contribution in [2.75, 3.05) is 18.2 Å². The minimum absolute atomic E-state index is 0.269. The Morgan fingerprint density at radius 1 is 1.05 bits per heavy atom. The van der Waals surface area contributed by atoms with Crippen molar-refractivity contribution in [2.45, 2.75) is 24.8 Å². The quantitative estimate of drug-likeness (QED) is 0.757. The van der Waals surface area contributed by atoms with Crippen molar-refractivity contribution in [1.82, 2.24) is 0 Å². The molecule has 2 rings (SSSR count). The van der Waals surface area contributed by atoms with Gasteiger partial charge >= 0.3 is 0 Å². The zero-order valence-corrected chi connectivity index (χ0v) is 13.0. The van der Waals surface area contributed by atoms with Gasteiger partial charge in [-0.2, -0.15) is 0 Å². The number of rotatable bonds is 6. The molecule has 0 aliphatic heterocycles. The van der Waals surface area contributed by atoms with E-state index in [0.29, 0.717) is 6.61 Å². The van der Waals surface area contributed by atoms with Gasteiger partial charge in [0.1, 0.15) is 5.75 Å². The van der Waals surface area contributed by atoms with E-state index in [0.717, 1.165) is 11.4 Å². The molecular weight excluding hydrogens is 266 g/mol. The molecule has 2 aromatic carbocycles. The molecule has 106 valence electrons. The highest BCUT2D eigenvalue weighted by Gasteiger charge is 2.05. The lowest BCUT2D eigenvalue weighted by atomic mass is 10.1. The van der Waals surface area contributed by atoms with E-state index in [1.54, 1.807) is 11.8 Å². The van der Waals surface area contributed by atoms with Gasteiger partial charge in [-0.25, -0.2) is 0 Å². The smallest absolute Gasteiger partial charge is 0.119 e. The summed E-state index contributed by atoms with van der Waals surface area (Å²) in [6.07, 6.45) is 2.09. The molecule has 0 fully saturated rings. The Labute approximate surface area is 125 Å². The van der Waals surface area contributed by atoms with E-state index >= 15 is 0 Å². The van der Waals surface area contributed by atoms with Crippen LogP contribution >= 0.6 is 11.8 Å². The van der Waals surface area contributed by atoms with E-state index in [2.05, 4.69) is 54.9 Å². The van der Waals surface area contributed by atoms with Crippen LogP contribution in [0.25, 0.3) is 0 Å². The molecule has 1 N–H and O–H groups in total. The van der Waals surface area contributed by atoms with Crippen LogP contribution in [0.3, 0.4) is 0 Å². The number of ether oxygens (including phenoxy) is 1. The summed E-state index contributed by atoms with van der Waals surface area (Å²) < 4.78 is 5.46. The normalized spacial score (nSPS) is 11.9. The van der Waals surface area contributed by atoms with Crippen molar-refractivity contribution in [3.63, 3.8) is 0 Å². The van der Waals surface area contributed by atoms with Crippen LogP contribution in [0.2, 0.25) is 0 Å². The van der Waals surface area contributed by atoms with Crippen molar-refractivity contribution in [3.8, 4) is 5.75 Å². The summed E-state index contributed by atoms with van der Waals surface area (Å²) in [7, 11) is 0. The standard InChI is InChI=1S/C17H21NOS/c1-4-19-16-9-5-14(6-10-16)13(2)18-15-7-11-17(20-3)12-8-15/h5-13,18H,4H2,1-3H3. The number of nitrogens with one attached hydrogen (secondary N) is 1. The molecule has 2 aromatic rings. The Morgan fingerprint density at radius 2 is 1.70 bits per heavy atom. The highest BCUT2D eigenvalue weighted by atomic mass is 32.2. The summed E-state index contributed by atoms with van der Waals surface area (Å²) >= 11 is 1.76. The molecule has 0 saturated carbocycles. The van der Waals surface area contributed by atoms with Crippen LogP contribution in [0.15, 0.2) is 53.4 Å². The van der Waals surface area contributed by atoms with E-state index in [9.17, 15) is 0 Å². The number of benzene rings is 2. The Hall–Kier alpha value is -1.61. The monoisotopic (exact) mass is 287 g/mol. The summed E-state index contributed by atoms with van der Waals surface area (Å²) in [5, 5.41) is 3.51. The predicted molar refractivity (Wildman–Crippen MR) is 87.9 cm³/mol. The van der Waals surface area contributed by atoms with Crippen LogP contribution in [-0.4, -0.2) is 12.9 Å². The molecule has 3 heteroatoms. The second-order valence-corrected chi connectivity index (χ2v) is 5.48. The average molecular weight is 287 g/mol. The van der Waals surface area contributed by atoms with E-state index in [1.165, 1.54) is 10.5 Å². The molecule has 1 unspecified atom stereocenters. The van der Waals surface area contributed by atoms with E-state index in [-0.39, 0.29) is 6.04 Å². The van der Waals surface area contributed by atoms with Gasteiger partial charge in [0.25, 0.3) is 0 Å². The van der Waals surface area contributed by atoms with Gasteiger partial charge in [0.15, 0.2) is 0 Å². The molecule has 2 nitrogen and oxygen atoms in total. The number of anilines is 1. The first kappa shape index (κ1) is 14.8. The molecule has 1 atom stereocenters. The highest BCUT2D eigenvalue weighted by Crippen LogP contribution is 2.23. The second kappa shape index (κ2) is 7.25. The van der Waals surface area contributed by atoms with Crippen LogP contribution in [-0.2, 0) is 0 Å². The van der Waals surface area contributed by atoms with E-state index in [1.807, 2.05) is 19.1 Å². The summed E-state index contributed by atoms with van der Waals surface area (Å²) in [6, 6.07) is 17.1. The molecule has 0 heterocycles. The van der Waals surface area contributed by atoms with Crippen LogP contribution < -0.4 is 10.1 Å². The fourth-order valence-corrected chi connectivity index (χ4v) is 2.45. The number of hydrogen-bond acceptors (Lipinski definition) is 3. The van der Waals surface area contributed by atoms with Gasteiger partial charge in [0.05, 0.1) is 6.61 Å². The third kappa shape index (κ3) is 3.94. The Balaban J connectivity index is 2.01. The van der Waals surface area contributed by atoms with Gasteiger partial charge in [-0.05, 0) is 62.1 Å². The summed E-state index contributed by atoms with van der Waals surface area (Å²) in [6.45, 7) is 4.86. The van der Waals surface area contributed by atoms with Crippen LogP contribution in [0.4, 0.5) is 5.69 Å². The van der Waals surface area contributed by atoms with E-state index < -0.39 is 0 Å². The zero-order valence-electron chi connectivity index (χ0n) is 12.2. The van der Waals surface area contributed by atoms with Gasteiger partial charge in [-0.1, -0.05) is 12.1 Å². The third-order valence-corrected chi connectivity index (χ3v) is 3.91. The lowest BCUT2D eigenvalue weighted by Crippen LogP contribution is -2.06. The van der Waals surface area contributed by atoms with Crippen molar-refractivity contribution < 1.29 is 4.74 Å². The first-order valence-corrected chi connectivity index (χ1v) is 8.08. The number of thioether (sulfide) groups is 1. The molecule has 0 bridgehead atoms. The van der Waals surface area contributed by atoms with Gasteiger partial charge in [-0.15, -0.1) is 11.8 Å². The second-order valence-electron chi connectivity index (χ2n) is 4.60. The fourth-order valence-electron chi connectivity index (χ4n) is 2.04. The highest BCUT2D eigenvalue weighted by molar-refractivity contribution is 7.98. The average Bonchev–Trinajstić information content (AvgIpc) is 2.49. The minimum Gasteiger partial charge on any atom is -0.494 e. The van der Waals surface area contributed by atoms with Crippen molar-refractivity contribution in [3.05, 3.63) is 54.1 Å². The van der Waals surface area contributed by atoms with Crippen LogP contribution in [0, 0.1) is 0 Å². The lowest BCUT2D eigenvalue weighted by molar-refractivity contribution is 0.340. The molecule has 0 amide bonds. The molecule has 0 saturated heterocycles. The molecule has 0 aliphatic rings. The molecule has 0 aromatic heterocycles. The summed E-state index contributed by atoms with van der Waals surface area (Å²) in [5.41, 5.74) is 2.39. The first-order valence-electron chi connectivity index (χ1n) is 6.86. The Bertz CT molecular complexity index is 522. The fraction of sp³-hybridized carbons (Fsp3) is 0.294. The maximum absolute atomic E-state index is 5.46. The molecule has 0 radical (unpaired) electrons. The predicted octanol–water partition coefficient (Wildman–Crippen LogP) is 4.98. The van der Waals surface area contributed by atoms with Gasteiger partial charge in [0, 0.05) is 16.6 Å². The largest absolute Gasteiger partial charge is 0.494 e. The first-order chi connectivity index (χ1) is 9.72. The molecule has 0 aliphatic carbocycles. The minimum atomic E-state index is 0.269. The SMILES string of the molecule is CCOc1ccc(C(C)Nc2ccc(SC)cc2)cc1. The Morgan fingerprint density at radius 3 is 2.25 bits per heavy atom. The van der Waals surface area contributed by atoms with Crippen LogP contribution in [0.1, 0.15) is 25.5 Å². The Kier molecular flexibility index (Phi) is 5.36. The molecule has 0 spiro atoms. The summed E-state index contributed by atoms with van der Waals surface area (Å²) in [5.74, 6) is 0.924. The van der Waals surface area contributed by atoms with Gasteiger partial charge in [0.2, 0.25) is 0 Å². The molecular formula is C17H21NOS. The number of hydrogen-bond donors (Lipinski definition) is 1. The zero-order chi connectivity index (χ0) is 14.4. The van der Waals surface area contributed by atoms with Crippen molar-refractivity contribution >= 4 is 17.4 Å². The van der Waals surface area contributed by atoms with Gasteiger partial charge < -0.3 is 10.1 Å². The lowest BCUT2D eigenvalue weighted by Gasteiger charge is -2.16. The third-order valence-electron chi connectivity index (χ3n) is 3.16. The maximum atomic E-state index is 5.46. The summed E-state index contributed by atoms with van der Waals surface area (Å²) in [4.78, 5) is 1.28. The van der Waals surface area contributed by atoms with Crippen molar-refractivity contribution in [1.29, 1.82) is 0 Å².